The summed E-state index contributed by atoms with van der Waals surface area (Å²) in [6.07, 6.45) is 2.86. The van der Waals surface area contributed by atoms with E-state index in [9.17, 15) is 26.7 Å². The number of nitrogens with zero attached hydrogens (tertiary/aromatic N) is 2. The summed E-state index contributed by atoms with van der Waals surface area (Å²) in [6, 6.07) is 12.9. The molecule has 3 aromatic carbocycles. The zero-order valence-electron chi connectivity index (χ0n) is 22.6. The molecule has 0 aliphatic rings. The average molecular weight is 572 g/mol. The van der Waals surface area contributed by atoms with Crippen molar-refractivity contribution in [3.8, 4) is 11.5 Å². The Morgan fingerprint density at radius 1 is 0.927 bits per heavy atom. The molecular weight excluding hydrogens is 545 g/mol. The smallest absolute Gasteiger partial charge is 0.248 e. The minimum atomic E-state index is -2.24. The van der Waals surface area contributed by atoms with Gasteiger partial charge in [-0.25, -0.2) is 22.0 Å². The van der Waals surface area contributed by atoms with Crippen molar-refractivity contribution in [1.29, 1.82) is 0 Å². The van der Waals surface area contributed by atoms with Gasteiger partial charge in [0.15, 0.2) is 23.3 Å². The minimum Gasteiger partial charge on any atom is -0.496 e. The molecule has 4 rings (SSSR count). The number of ether oxygens (including phenoxy) is 2. The molecule has 0 fully saturated rings. The molecule has 6 nitrogen and oxygen atoms in total. The number of nitrogens with one attached hydrogen (secondary N) is 1. The van der Waals surface area contributed by atoms with Crippen LogP contribution in [-0.4, -0.2) is 22.8 Å². The summed E-state index contributed by atoms with van der Waals surface area (Å²) < 4.78 is 81.3. The van der Waals surface area contributed by atoms with Crippen molar-refractivity contribution in [1.82, 2.24) is 9.78 Å². The van der Waals surface area contributed by atoms with E-state index < -0.39 is 47.1 Å². The molecule has 0 bridgehead atoms. The van der Waals surface area contributed by atoms with Crippen LogP contribution in [0.1, 0.15) is 33.6 Å². The van der Waals surface area contributed by atoms with Crippen molar-refractivity contribution in [2.75, 3.05) is 12.4 Å². The first kappa shape index (κ1) is 29.3. The van der Waals surface area contributed by atoms with E-state index in [4.69, 9.17) is 9.47 Å². The number of benzene rings is 3. The molecule has 41 heavy (non-hydrogen) atoms. The number of methoxy groups -OCH3 is 1. The first-order valence-corrected chi connectivity index (χ1v) is 12.4. The van der Waals surface area contributed by atoms with Gasteiger partial charge in [-0.15, -0.1) is 0 Å². The highest BCUT2D eigenvalue weighted by Gasteiger charge is 2.27. The SMILES string of the molecule is COc1ccc(/C=C/C(=O)Nc2c(C)nn(Cc3c(F)c(F)c(F)c(F)c3F)c2C)cc1COc1ccc(C)cc1. The first-order valence-electron chi connectivity index (χ1n) is 12.4. The summed E-state index contributed by atoms with van der Waals surface area (Å²) in [5.74, 6) is -9.41. The Morgan fingerprint density at radius 2 is 1.56 bits per heavy atom. The molecule has 1 heterocycles. The zero-order valence-corrected chi connectivity index (χ0v) is 22.6. The van der Waals surface area contributed by atoms with E-state index in [0.29, 0.717) is 17.1 Å². The van der Waals surface area contributed by atoms with Gasteiger partial charge in [0.1, 0.15) is 18.1 Å². The number of halogens is 5. The fourth-order valence-corrected chi connectivity index (χ4v) is 4.12. The highest BCUT2D eigenvalue weighted by molar-refractivity contribution is 6.02. The van der Waals surface area contributed by atoms with Crippen LogP contribution in [0.15, 0.2) is 48.5 Å². The maximum atomic E-state index is 14.2. The summed E-state index contributed by atoms with van der Waals surface area (Å²) in [5.41, 5.74) is 2.31. The van der Waals surface area contributed by atoms with Crippen molar-refractivity contribution >= 4 is 17.7 Å². The molecule has 214 valence electrons. The summed E-state index contributed by atoms with van der Waals surface area (Å²) in [7, 11) is 1.55. The molecule has 0 aliphatic carbocycles. The molecule has 0 saturated carbocycles. The Bertz CT molecular complexity index is 1600. The Kier molecular flexibility index (Phi) is 8.75. The fourth-order valence-electron chi connectivity index (χ4n) is 4.12. The zero-order chi connectivity index (χ0) is 29.8. The molecule has 0 atom stereocenters. The van der Waals surface area contributed by atoms with E-state index in [1.165, 1.54) is 19.9 Å². The molecule has 1 amide bonds. The summed E-state index contributed by atoms with van der Waals surface area (Å²) >= 11 is 0. The van der Waals surface area contributed by atoms with Crippen LogP contribution in [0.2, 0.25) is 0 Å². The second kappa shape index (κ2) is 12.2. The highest BCUT2D eigenvalue weighted by atomic mass is 19.2. The van der Waals surface area contributed by atoms with Crippen molar-refractivity contribution < 1.29 is 36.2 Å². The van der Waals surface area contributed by atoms with Gasteiger partial charge < -0.3 is 14.8 Å². The standard InChI is InChI=1S/C30H26F5N3O3/c1-16-5-9-21(10-6-16)41-15-20-13-19(7-11-23(20)40-4)8-12-24(39)36-30-17(2)37-38(18(30)3)14-22-25(31)27(33)29(35)28(34)26(22)32/h5-13H,14-15H2,1-4H3,(H,36,39)/b12-8+. The highest BCUT2D eigenvalue weighted by Crippen LogP contribution is 2.27. The molecule has 0 radical (unpaired) electrons. The van der Waals surface area contributed by atoms with Gasteiger partial charge in [0.05, 0.1) is 36.3 Å². The van der Waals surface area contributed by atoms with E-state index in [1.807, 2.05) is 37.3 Å². The van der Waals surface area contributed by atoms with Crippen molar-refractivity contribution in [3.05, 3.63) is 111 Å². The van der Waals surface area contributed by atoms with Gasteiger partial charge >= 0.3 is 0 Å². The topological polar surface area (TPSA) is 65.4 Å². The van der Waals surface area contributed by atoms with Crippen molar-refractivity contribution in [3.63, 3.8) is 0 Å². The third-order valence-electron chi connectivity index (χ3n) is 6.39. The van der Waals surface area contributed by atoms with Gasteiger partial charge in [-0.2, -0.15) is 5.10 Å². The Hall–Kier alpha value is -4.67. The first-order chi connectivity index (χ1) is 19.5. The van der Waals surface area contributed by atoms with Crippen LogP contribution in [0, 0.1) is 49.9 Å². The summed E-state index contributed by atoms with van der Waals surface area (Å²) in [6.45, 7) is 4.51. The van der Waals surface area contributed by atoms with Gasteiger partial charge in [-0.3, -0.25) is 9.48 Å². The van der Waals surface area contributed by atoms with Crippen molar-refractivity contribution in [2.24, 2.45) is 0 Å². The average Bonchev–Trinajstić information content (AvgIpc) is 3.23. The maximum Gasteiger partial charge on any atom is 0.248 e. The third kappa shape index (κ3) is 6.40. The second-order valence-electron chi connectivity index (χ2n) is 9.25. The number of hydrogen-bond donors (Lipinski definition) is 1. The molecular formula is C30H26F5N3O3. The number of aromatic nitrogens is 2. The minimum absolute atomic E-state index is 0.237. The number of aryl methyl sites for hydroxylation is 2. The van der Waals surface area contributed by atoms with Crippen LogP contribution in [0.4, 0.5) is 27.6 Å². The molecule has 1 aromatic heterocycles. The monoisotopic (exact) mass is 571 g/mol. The van der Waals surface area contributed by atoms with E-state index >= 15 is 0 Å². The molecule has 1 N–H and O–H groups in total. The largest absolute Gasteiger partial charge is 0.496 e. The third-order valence-corrected chi connectivity index (χ3v) is 6.39. The Labute approximate surface area is 233 Å². The summed E-state index contributed by atoms with van der Waals surface area (Å²) in [5, 5.41) is 6.75. The van der Waals surface area contributed by atoms with Gasteiger partial charge in [0.25, 0.3) is 0 Å². The van der Waals surface area contributed by atoms with Gasteiger partial charge in [-0.1, -0.05) is 23.8 Å². The number of rotatable bonds is 9. The molecule has 0 aliphatic heterocycles. The van der Waals surface area contributed by atoms with Crippen LogP contribution in [0.5, 0.6) is 11.5 Å². The summed E-state index contributed by atoms with van der Waals surface area (Å²) in [4.78, 5) is 12.7. The van der Waals surface area contributed by atoms with Gasteiger partial charge in [0.2, 0.25) is 11.7 Å². The number of carbonyl (C=O) groups is 1. The molecule has 11 heteroatoms. The lowest BCUT2D eigenvalue weighted by molar-refractivity contribution is -0.111. The normalized spacial score (nSPS) is 11.2. The van der Waals surface area contributed by atoms with Crippen LogP contribution in [0.3, 0.4) is 0 Å². The van der Waals surface area contributed by atoms with Crippen molar-refractivity contribution in [2.45, 2.75) is 33.9 Å². The van der Waals surface area contributed by atoms with Crippen LogP contribution in [0.25, 0.3) is 6.08 Å². The lowest BCUT2D eigenvalue weighted by atomic mass is 10.1. The number of amides is 1. The molecule has 4 aromatic rings. The van der Waals surface area contributed by atoms with E-state index in [0.717, 1.165) is 15.8 Å². The predicted octanol–water partition coefficient (Wildman–Crippen LogP) is 6.79. The number of hydrogen-bond acceptors (Lipinski definition) is 4. The number of carbonyl (C=O) groups excluding carboxylic acids is 1. The lowest BCUT2D eigenvalue weighted by Gasteiger charge is -2.11. The Balaban J connectivity index is 1.48. The van der Waals surface area contributed by atoms with Gasteiger partial charge in [-0.05, 0) is 56.7 Å². The molecule has 0 spiro atoms. The fraction of sp³-hybridized carbons (Fsp3) is 0.200. The van der Waals surface area contributed by atoms with Gasteiger partial charge in [0, 0.05) is 11.6 Å². The number of anilines is 1. The van der Waals surface area contributed by atoms with E-state index in [1.54, 1.807) is 25.3 Å². The molecule has 0 saturated heterocycles. The van der Waals surface area contributed by atoms with E-state index in [2.05, 4.69) is 10.4 Å². The van der Waals surface area contributed by atoms with Crippen LogP contribution in [-0.2, 0) is 17.9 Å². The van der Waals surface area contributed by atoms with E-state index in [-0.39, 0.29) is 23.7 Å². The quantitative estimate of drug-likeness (QED) is 0.104. The lowest BCUT2D eigenvalue weighted by Crippen LogP contribution is -2.13. The second-order valence-corrected chi connectivity index (χ2v) is 9.25. The predicted molar refractivity (Wildman–Crippen MR) is 143 cm³/mol. The maximum absolute atomic E-state index is 14.2. The van der Waals surface area contributed by atoms with Crippen LogP contribution < -0.4 is 14.8 Å². The van der Waals surface area contributed by atoms with Crippen LogP contribution >= 0.6 is 0 Å². The molecule has 0 unspecified atom stereocenters. The Morgan fingerprint density at radius 3 is 2.20 bits per heavy atom.